The first-order valence-corrected chi connectivity index (χ1v) is 9.45. The molecule has 0 unspecified atom stereocenters. The van der Waals surface area contributed by atoms with Crippen LogP contribution < -0.4 is 0 Å². The molecule has 0 aromatic carbocycles. The lowest BCUT2D eigenvalue weighted by Crippen LogP contribution is -2.29. The van der Waals surface area contributed by atoms with Gasteiger partial charge in [-0.1, -0.05) is 6.08 Å². The Balaban J connectivity index is 0.000000197. The lowest BCUT2D eigenvalue weighted by molar-refractivity contribution is -0.117. The van der Waals surface area contributed by atoms with Crippen LogP contribution >= 0.6 is 7.82 Å². The summed E-state index contributed by atoms with van der Waals surface area (Å²) in [5, 5.41) is 0. The predicted octanol–water partition coefficient (Wildman–Crippen LogP) is -0.538. The van der Waals surface area contributed by atoms with Crippen LogP contribution in [0.15, 0.2) is 35.8 Å². The highest BCUT2D eigenvalue weighted by Crippen LogP contribution is 2.35. The van der Waals surface area contributed by atoms with Gasteiger partial charge in [0, 0.05) is 45.3 Å². The molecule has 0 aromatic heterocycles. The minimum Gasteiger partial charge on any atom is -0.365 e. The number of hydrogen-bond acceptors (Lipinski definition) is 7. The van der Waals surface area contributed by atoms with Crippen molar-refractivity contribution in [2.75, 3.05) is 45.9 Å². The van der Waals surface area contributed by atoms with E-state index in [0.29, 0.717) is 17.1 Å². The van der Waals surface area contributed by atoms with Gasteiger partial charge in [-0.3, -0.25) is 14.1 Å². The number of rotatable bonds is 6. The number of allylic oxidation sites excluding steroid dienone is 1. The molecule has 136 valence electrons. The molecule has 0 amide bonds. The molecule has 0 bridgehead atoms. The maximum atomic E-state index is 12.4. The van der Waals surface area contributed by atoms with Crippen LogP contribution in [-0.2, 0) is 18.7 Å². The Kier molecular flexibility index (Phi) is 4.83. The Hall–Kier alpha value is -1.93. The highest BCUT2D eigenvalue weighted by Gasteiger charge is 2.43. The fourth-order valence-corrected chi connectivity index (χ4v) is 2.73. The first kappa shape index (κ1) is 17.9. The number of ketones is 2. The molecule has 25 heavy (non-hydrogen) atoms. The third-order valence-corrected chi connectivity index (χ3v) is 4.33. The van der Waals surface area contributed by atoms with Gasteiger partial charge in [-0.05, 0) is 0 Å². The monoisotopic (exact) mass is 369 g/mol. The van der Waals surface area contributed by atoms with E-state index in [4.69, 9.17) is 9.79 Å². The summed E-state index contributed by atoms with van der Waals surface area (Å²) in [5.74, 6) is 0.0485. The number of nitrogens with zero attached hydrogens (tertiary/aromatic N) is 3. The van der Waals surface area contributed by atoms with Gasteiger partial charge in [-0.15, -0.1) is 6.58 Å². The molecule has 0 spiro atoms. The first-order chi connectivity index (χ1) is 11.8. The van der Waals surface area contributed by atoms with Crippen molar-refractivity contribution < 1.29 is 28.5 Å². The molecule has 10 heteroatoms. The maximum Gasteiger partial charge on any atom is 0.469 e. The second-order valence-corrected chi connectivity index (χ2v) is 7.20. The van der Waals surface area contributed by atoms with Crippen molar-refractivity contribution in [1.29, 1.82) is 0 Å². The molecular formula is C15H20N3O6P. The lowest BCUT2D eigenvalue weighted by Gasteiger charge is -2.21. The molecule has 1 aliphatic carbocycles. The topological polar surface area (TPSA) is 110 Å². The number of carbonyl (C=O) groups is 2. The minimum absolute atomic E-state index is 0.00546. The van der Waals surface area contributed by atoms with E-state index in [0.717, 1.165) is 39.3 Å². The Morgan fingerprint density at radius 3 is 1.96 bits per heavy atom. The maximum absolute atomic E-state index is 12.4. The Labute approximate surface area is 145 Å². The summed E-state index contributed by atoms with van der Waals surface area (Å²) in [7, 11) is -4.25. The average Bonchev–Trinajstić information content (AvgIpc) is 3.38. The number of carbonyl (C=O) groups excluding carboxylic acids is 2. The van der Waals surface area contributed by atoms with Gasteiger partial charge in [0.1, 0.15) is 11.4 Å². The highest BCUT2D eigenvalue weighted by atomic mass is 31.2. The SMILES string of the molecule is C=CCOP(=O)(O)O.O=C1C=C(N2CC2)C(=O)C(N2CC2)=C1N1CC1. The molecule has 3 saturated heterocycles. The van der Waals surface area contributed by atoms with E-state index in [-0.39, 0.29) is 18.2 Å². The van der Waals surface area contributed by atoms with E-state index >= 15 is 0 Å². The van der Waals surface area contributed by atoms with Crippen LogP contribution in [-0.4, -0.2) is 81.9 Å². The van der Waals surface area contributed by atoms with E-state index in [1.807, 2.05) is 14.7 Å². The van der Waals surface area contributed by atoms with Crippen LogP contribution in [0, 0.1) is 0 Å². The molecule has 0 radical (unpaired) electrons. The van der Waals surface area contributed by atoms with E-state index < -0.39 is 7.82 Å². The molecule has 0 atom stereocenters. The molecule has 4 rings (SSSR count). The third-order valence-electron chi connectivity index (χ3n) is 3.85. The largest absolute Gasteiger partial charge is 0.469 e. The molecule has 0 aromatic rings. The van der Waals surface area contributed by atoms with Crippen molar-refractivity contribution in [3.05, 3.63) is 35.8 Å². The van der Waals surface area contributed by atoms with Gasteiger partial charge >= 0.3 is 7.82 Å². The lowest BCUT2D eigenvalue weighted by atomic mass is 10.0. The number of hydrogen-bond donors (Lipinski definition) is 2. The van der Waals surface area contributed by atoms with Crippen molar-refractivity contribution >= 4 is 19.4 Å². The van der Waals surface area contributed by atoms with Gasteiger partial charge in [0.15, 0.2) is 0 Å². The van der Waals surface area contributed by atoms with Gasteiger partial charge in [0.25, 0.3) is 0 Å². The Bertz CT molecular complexity index is 713. The van der Waals surface area contributed by atoms with Crippen molar-refractivity contribution in [3.8, 4) is 0 Å². The van der Waals surface area contributed by atoms with Crippen molar-refractivity contribution in [1.82, 2.24) is 14.7 Å². The summed E-state index contributed by atoms with van der Waals surface area (Å²) in [6.07, 6.45) is 2.79. The van der Waals surface area contributed by atoms with Gasteiger partial charge in [0.2, 0.25) is 11.6 Å². The van der Waals surface area contributed by atoms with E-state index in [2.05, 4.69) is 11.1 Å². The van der Waals surface area contributed by atoms with Crippen LogP contribution in [0.1, 0.15) is 0 Å². The normalized spacial score (nSPS) is 21.7. The summed E-state index contributed by atoms with van der Waals surface area (Å²) in [6, 6.07) is 0. The smallest absolute Gasteiger partial charge is 0.365 e. The summed E-state index contributed by atoms with van der Waals surface area (Å²) < 4.78 is 13.7. The Morgan fingerprint density at radius 1 is 1.04 bits per heavy atom. The molecule has 3 fully saturated rings. The van der Waals surface area contributed by atoms with Gasteiger partial charge in [-0.25, -0.2) is 4.57 Å². The van der Waals surface area contributed by atoms with Crippen molar-refractivity contribution in [2.45, 2.75) is 0 Å². The first-order valence-electron chi connectivity index (χ1n) is 7.92. The molecule has 2 N–H and O–H groups in total. The van der Waals surface area contributed by atoms with E-state index in [1.54, 1.807) is 0 Å². The molecule has 3 aliphatic heterocycles. The molecule has 0 saturated carbocycles. The highest BCUT2D eigenvalue weighted by molar-refractivity contribution is 7.46. The van der Waals surface area contributed by atoms with Gasteiger partial charge < -0.3 is 24.5 Å². The van der Waals surface area contributed by atoms with Gasteiger partial charge in [0.05, 0.1) is 12.3 Å². The molecule has 3 heterocycles. The van der Waals surface area contributed by atoms with E-state index in [9.17, 15) is 14.2 Å². The second kappa shape index (κ2) is 6.76. The Morgan fingerprint density at radius 2 is 1.56 bits per heavy atom. The quantitative estimate of drug-likeness (QED) is 0.276. The number of phosphoric acid groups is 1. The molecule has 9 nitrogen and oxygen atoms in total. The summed E-state index contributed by atoms with van der Waals surface area (Å²) in [6.45, 7) is 8.48. The van der Waals surface area contributed by atoms with Crippen LogP contribution in [0.2, 0.25) is 0 Å². The molecule has 4 aliphatic rings. The van der Waals surface area contributed by atoms with E-state index in [1.165, 1.54) is 12.2 Å². The third kappa shape index (κ3) is 4.58. The van der Waals surface area contributed by atoms with Gasteiger partial charge in [-0.2, -0.15) is 0 Å². The fraction of sp³-hybridized carbons (Fsp3) is 0.467. The number of phosphoric ester groups is 1. The zero-order valence-electron chi connectivity index (χ0n) is 13.6. The van der Waals surface area contributed by atoms with Crippen LogP contribution in [0.5, 0.6) is 0 Å². The van der Waals surface area contributed by atoms with Crippen molar-refractivity contribution in [3.63, 3.8) is 0 Å². The van der Waals surface area contributed by atoms with Crippen LogP contribution in [0.3, 0.4) is 0 Å². The van der Waals surface area contributed by atoms with Crippen LogP contribution in [0.4, 0.5) is 0 Å². The summed E-state index contributed by atoms with van der Waals surface area (Å²) in [4.78, 5) is 46.4. The second-order valence-electron chi connectivity index (χ2n) is 5.96. The number of Topliss-reactive ketones (excluding diaryl/α,β-unsaturated/α-hetero) is 1. The minimum atomic E-state index is -4.25. The predicted molar refractivity (Wildman–Crippen MR) is 88.0 cm³/mol. The average molecular weight is 369 g/mol. The summed E-state index contributed by atoms with van der Waals surface area (Å²) >= 11 is 0. The standard InChI is InChI=1S/C12H13N3O2.C3H7O4P/c16-9-7-8(13-1-2-13)12(17)11(15-5-6-15)10(9)14-3-4-14;1-2-3-7-8(4,5)6/h7H,1-6H2;2H,1,3H2,(H2,4,5,6). The zero-order chi connectivity index (χ0) is 18.2. The zero-order valence-corrected chi connectivity index (χ0v) is 14.5. The molecular weight excluding hydrogens is 349 g/mol. The fourth-order valence-electron chi connectivity index (χ4n) is 2.43. The van der Waals surface area contributed by atoms with Crippen LogP contribution in [0.25, 0.3) is 0 Å². The van der Waals surface area contributed by atoms with Crippen molar-refractivity contribution in [2.24, 2.45) is 0 Å². The summed E-state index contributed by atoms with van der Waals surface area (Å²) in [5.41, 5.74) is 1.89.